The van der Waals surface area contributed by atoms with Crippen LogP contribution in [-0.4, -0.2) is 65.5 Å². The zero-order valence-corrected chi connectivity index (χ0v) is 21.0. The van der Waals surface area contributed by atoms with Gasteiger partial charge in [-0.3, -0.25) is 4.79 Å². The first kappa shape index (κ1) is 27.3. The number of hydrogen-bond donors (Lipinski definition) is 0. The van der Waals surface area contributed by atoms with Gasteiger partial charge in [-0.1, -0.05) is 6.07 Å². The molecule has 0 aromatic carbocycles. The quantitative estimate of drug-likeness (QED) is 0.401. The number of Topliss-reactive ketones (excluding diaryl/α,β-unsaturated/α-hetero) is 1. The summed E-state index contributed by atoms with van der Waals surface area (Å²) >= 11 is 0. The zero-order valence-electron chi connectivity index (χ0n) is 21.0. The number of fused-ring (bicyclic) bond motifs is 1. The second kappa shape index (κ2) is 11.8. The Morgan fingerprint density at radius 3 is 2.62 bits per heavy atom. The molecule has 1 aliphatic carbocycles. The topological polar surface area (TPSA) is 77.7 Å². The van der Waals surface area contributed by atoms with E-state index in [1.807, 2.05) is 0 Å². The lowest BCUT2D eigenvalue weighted by Crippen LogP contribution is -2.36. The Hall–Kier alpha value is -2.69. The lowest BCUT2D eigenvalue weighted by Gasteiger charge is -2.35. The third kappa shape index (κ3) is 8.41. The van der Waals surface area contributed by atoms with Gasteiger partial charge in [-0.2, -0.15) is 13.2 Å². The SMILES string of the molecule is Cc1cc(OCC(=O)CC2CCC(F)(CCN3CCc4ccc(OCC(F)(F)F)nc4CC3)CC2)no1. The van der Waals surface area contributed by atoms with Gasteiger partial charge < -0.3 is 18.9 Å². The van der Waals surface area contributed by atoms with Gasteiger partial charge in [0.15, 0.2) is 12.4 Å². The molecule has 0 N–H and O–H groups in total. The van der Waals surface area contributed by atoms with E-state index in [2.05, 4.69) is 15.0 Å². The van der Waals surface area contributed by atoms with Crippen molar-refractivity contribution in [2.45, 2.75) is 70.1 Å². The van der Waals surface area contributed by atoms with Gasteiger partial charge in [0.05, 0.1) is 0 Å². The standard InChI is InChI=1S/C26H33F4N3O4/c1-18-14-24(32-37-18)35-16-21(34)15-19-4-8-25(27,9-5-19)10-13-33-11-6-20-2-3-23(31-22(20)7-12-33)36-17-26(28,29)30/h2-3,14,19H,4-13,15-17H2,1H3. The van der Waals surface area contributed by atoms with E-state index < -0.39 is 18.5 Å². The minimum absolute atomic E-state index is 0.0257. The first-order chi connectivity index (χ1) is 17.6. The van der Waals surface area contributed by atoms with Crippen molar-refractivity contribution in [3.8, 4) is 11.8 Å². The maximum atomic E-state index is 15.5. The molecule has 1 saturated carbocycles. The van der Waals surface area contributed by atoms with Crippen molar-refractivity contribution in [2.75, 3.05) is 32.8 Å². The average molecular weight is 528 g/mol. The van der Waals surface area contributed by atoms with E-state index in [1.54, 1.807) is 19.1 Å². The normalized spacial score (nSPS) is 22.8. The summed E-state index contributed by atoms with van der Waals surface area (Å²) < 4.78 is 67.8. The molecule has 4 rings (SSSR count). The number of aryl methyl sites for hydroxylation is 1. The molecule has 204 valence electrons. The number of rotatable bonds is 10. The van der Waals surface area contributed by atoms with E-state index in [1.165, 1.54) is 6.07 Å². The second-order valence-electron chi connectivity index (χ2n) is 10.2. The number of ketones is 1. The molecule has 0 saturated heterocycles. The first-order valence-corrected chi connectivity index (χ1v) is 12.7. The van der Waals surface area contributed by atoms with Crippen LogP contribution in [0.3, 0.4) is 0 Å². The van der Waals surface area contributed by atoms with E-state index in [4.69, 9.17) is 14.0 Å². The predicted octanol–water partition coefficient (Wildman–Crippen LogP) is 5.05. The minimum atomic E-state index is -4.41. The summed E-state index contributed by atoms with van der Waals surface area (Å²) in [6.07, 6.45) is -0.116. The summed E-state index contributed by atoms with van der Waals surface area (Å²) in [5, 5.41) is 3.70. The number of carbonyl (C=O) groups is 1. The number of pyridine rings is 1. The summed E-state index contributed by atoms with van der Waals surface area (Å²) in [6.45, 7) is 2.33. The Morgan fingerprint density at radius 1 is 1.16 bits per heavy atom. The van der Waals surface area contributed by atoms with Crippen LogP contribution < -0.4 is 9.47 Å². The maximum absolute atomic E-state index is 15.5. The number of halogens is 4. The summed E-state index contributed by atoms with van der Waals surface area (Å²) in [4.78, 5) is 18.7. The predicted molar refractivity (Wildman–Crippen MR) is 126 cm³/mol. The van der Waals surface area contributed by atoms with Crippen molar-refractivity contribution < 1.29 is 36.4 Å². The second-order valence-corrected chi connectivity index (χ2v) is 10.2. The van der Waals surface area contributed by atoms with Gasteiger partial charge in [-0.25, -0.2) is 9.37 Å². The number of carbonyl (C=O) groups excluding carboxylic acids is 1. The van der Waals surface area contributed by atoms with Crippen molar-refractivity contribution >= 4 is 5.78 Å². The zero-order chi connectivity index (χ0) is 26.5. The molecule has 3 heterocycles. The van der Waals surface area contributed by atoms with Gasteiger partial charge in [0, 0.05) is 50.3 Å². The lowest BCUT2D eigenvalue weighted by atomic mass is 9.76. The van der Waals surface area contributed by atoms with Crippen LogP contribution in [0.5, 0.6) is 11.8 Å². The molecule has 11 heteroatoms. The molecule has 1 aliphatic heterocycles. The third-order valence-corrected chi connectivity index (χ3v) is 7.17. The summed E-state index contributed by atoms with van der Waals surface area (Å²) in [5.74, 6) is 1.01. The molecule has 0 bridgehead atoms. The van der Waals surface area contributed by atoms with Crippen molar-refractivity contribution in [3.05, 3.63) is 35.2 Å². The van der Waals surface area contributed by atoms with Crippen LogP contribution in [0.4, 0.5) is 17.6 Å². The summed E-state index contributed by atoms with van der Waals surface area (Å²) in [7, 11) is 0. The first-order valence-electron chi connectivity index (χ1n) is 12.7. The fourth-order valence-corrected chi connectivity index (χ4v) is 5.02. The van der Waals surface area contributed by atoms with E-state index in [-0.39, 0.29) is 24.2 Å². The van der Waals surface area contributed by atoms with Gasteiger partial charge in [0.25, 0.3) is 5.88 Å². The van der Waals surface area contributed by atoms with Crippen LogP contribution in [0.2, 0.25) is 0 Å². The van der Waals surface area contributed by atoms with Crippen LogP contribution in [0.25, 0.3) is 0 Å². The van der Waals surface area contributed by atoms with Gasteiger partial charge in [0.1, 0.15) is 18.0 Å². The highest BCUT2D eigenvalue weighted by atomic mass is 19.4. The van der Waals surface area contributed by atoms with Gasteiger partial charge in [-0.05, 0) is 62.1 Å². The number of hydrogen-bond acceptors (Lipinski definition) is 7. The highest BCUT2D eigenvalue weighted by Crippen LogP contribution is 2.39. The van der Waals surface area contributed by atoms with Crippen molar-refractivity contribution in [1.29, 1.82) is 0 Å². The van der Waals surface area contributed by atoms with Gasteiger partial charge >= 0.3 is 6.18 Å². The van der Waals surface area contributed by atoms with Gasteiger partial charge in [-0.15, -0.1) is 0 Å². The van der Waals surface area contributed by atoms with E-state index >= 15 is 4.39 Å². The molecule has 2 aromatic heterocycles. The van der Waals surface area contributed by atoms with E-state index in [9.17, 15) is 18.0 Å². The molecular formula is C26H33F4N3O4. The van der Waals surface area contributed by atoms with E-state index in [0.29, 0.717) is 76.1 Å². The van der Waals surface area contributed by atoms with Crippen molar-refractivity contribution in [1.82, 2.24) is 15.0 Å². The molecule has 2 aliphatic rings. The lowest BCUT2D eigenvalue weighted by molar-refractivity contribution is -0.154. The van der Waals surface area contributed by atoms with Crippen LogP contribution in [0, 0.1) is 12.8 Å². The van der Waals surface area contributed by atoms with Crippen LogP contribution in [0.1, 0.15) is 55.5 Å². The largest absolute Gasteiger partial charge is 0.468 e. The molecular weight excluding hydrogens is 494 g/mol. The van der Waals surface area contributed by atoms with Crippen LogP contribution in [0.15, 0.2) is 22.7 Å². The fraction of sp³-hybridized carbons (Fsp3) is 0.654. The number of nitrogens with zero attached hydrogens (tertiary/aromatic N) is 3. The highest BCUT2D eigenvalue weighted by Gasteiger charge is 2.36. The van der Waals surface area contributed by atoms with Crippen LogP contribution >= 0.6 is 0 Å². The molecule has 0 unspecified atom stereocenters. The molecule has 0 radical (unpaired) electrons. The van der Waals surface area contributed by atoms with Crippen molar-refractivity contribution in [2.24, 2.45) is 5.92 Å². The average Bonchev–Trinajstić information content (AvgIpc) is 3.16. The smallest absolute Gasteiger partial charge is 0.422 e. The Morgan fingerprint density at radius 2 is 1.92 bits per heavy atom. The summed E-state index contributed by atoms with van der Waals surface area (Å²) in [5.41, 5.74) is 0.485. The molecule has 0 atom stereocenters. The highest BCUT2D eigenvalue weighted by molar-refractivity contribution is 5.80. The third-order valence-electron chi connectivity index (χ3n) is 7.17. The van der Waals surface area contributed by atoms with Gasteiger partial charge in [0.2, 0.25) is 5.88 Å². The Bertz CT molecular complexity index is 1050. The monoisotopic (exact) mass is 527 g/mol. The van der Waals surface area contributed by atoms with Crippen LogP contribution in [-0.2, 0) is 17.6 Å². The molecule has 1 fully saturated rings. The Labute approximate surface area is 213 Å². The molecule has 7 nitrogen and oxygen atoms in total. The Balaban J connectivity index is 1.17. The summed E-state index contributed by atoms with van der Waals surface area (Å²) in [6, 6.07) is 4.87. The van der Waals surface area contributed by atoms with Crippen molar-refractivity contribution in [3.63, 3.8) is 0 Å². The molecule has 2 aromatic rings. The number of ether oxygens (including phenoxy) is 2. The molecule has 0 amide bonds. The fourth-order valence-electron chi connectivity index (χ4n) is 5.02. The maximum Gasteiger partial charge on any atom is 0.422 e. The minimum Gasteiger partial charge on any atom is -0.468 e. The Kier molecular flexibility index (Phi) is 8.71. The van der Waals surface area contributed by atoms with E-state index in [0.717, 1.165) is 17.8 Å². The number of aromatic nitrogens is 2. The molecule has 37 heavy (non-hydrogen) atoms. The molecule has 0 spiro atoms. The number of alkyl halides is 4.